The molecule has 1 aromatic carbocycles. The minimum Gasteiger partial charge on any atom is -0.382 e. The second kappa shape index (κ2) is 6.60. The van der Waals surface area contributed by atoms with Crippen LogP contribution in [0.5, 0.6) is 0 Å². The Bertz CT molecular complexity index is 394. The van der Waals surface area contributed by atoms with E-state index in [2.05, 4.69) is 19.2 Å². The fraction of sp³-hybridized carbons (Fsp3) is 0.600. The Labute approximate surface area is 118 Å². The van der Waals surface area contributed by atoms with E-state index < -0.39 is 5.76 Å². The summed E-state index contributed by atoms with van der Waals surface area (Å²) in [6.07, 6.45) is 3.77. The van der Waals surface area contributed by atoms with E-state index in [1.165, 1.54) is 19.3 Å². The molecule has 0 heterocycles. The van der Waals surface area contributed by atoms with Crippen LogP contribution >= 0.6 is 11.8 Å². The summed E-state index contributed by atoms with van der Waals surface area (Å²) in [4.78, 5) is 0.616. The van der Waals surface area contributed by atoms with E-state index in [1.54, 1.807) is 12.1 Å². The van der Waals surface area contributed by atoms with Gasteiger partial charge in [0.25, 0.3) is 5.76 Å². The van der Waals surface area contributed by atoms with Gasteiger partial charge in [-0.2, -0.15) is 8.78 Å². The molecule has 0 aromatic heterocycles. The van der Waals surface area contributed by atoms with Crippen molar-refractivity contribution in [1.29, 1.82) is 0 Å². The van der Waals surface area contributed by atoms with Crippen LogP contribution in [0.2, 0.25) is 0 Å². The molecule has 3 unspecified atom stereocenters. The van der Waals surface area contributed by atoms with Crippen molar-refractivity contribution in [3.05, 3.63) is 24.3 Å². The highest BCUT2D eigenvalue weighted by molar-refractivity contribution is 7.99. The maximum Gasteiger partial charge on any atom is 0.288 e. The molecule has 1 nitrogen and oxygen atoms in total. The van der Waals surface area contributed by atoms with Crippen LogP contribution in [0.4, 0.5) is 14.5 Å². The Hall–Kier alpha value is -0.770. The molecule has 2 rings (SSSR count). The summed E-state index contributed by atoms with van der Waals surface area (Å²) < 4.78 is 24.5. The minimum absolute atomic E-state index is 0.498. The highest BCUT2D eigenvalue weighted by Crippen LogP contribution is 2.32. The molecule has 0 bridgehead atoms. The van der Waals surface area contributed by atoms with E-state index in [9.17, 15) is 8.78 Å². The monoisotopic (exact) mass is 285 g/mol. The first-order valence-electron chi connectivity index (χ1n) is 6.87. The first kappa shape index (κ1) is 14.6. The van der Waals surface area contributed by atoms with Crippen molar-refractivity contribution < 1.29 is 8.78 Å². The summed E-state index contributed by atoms with van der Waals surface area (Å²) in [5.41, 5.74) is 1.03. The fourth-order valence-corrected chi connectivity index (χ4v) is 3.23. The molecule has 1 aromatic rings. The van der Waals surface area contributed by atoms with Crippen LogP contribution in [0.15, 0.2) is 29.2 Å². The number of rotatable bonds is 4. The van der Waals surface area contributed by atoms with Crippen LogP contribution < -0.4 is 5.32 Å². The van der Waals surface area contributed by atoms with Crippen molar-refractivity contribution in [2.45, 2.75) is 49.8 Å². The average molecular weight is 285 g/mol. The third-order valence-electron chi connectivity index (χ3n) is 4.14. The van der Waals surface area contributed by atoms with Gasteiger partial charge in [-0.25, -0.2) is 0 Å². The highest BCUT2D eigenvalue weighted by Gasteiger charge is 2.26. The zero-order chi connectivity index (χ0) is 13.8. The number of hydrogen-bond acceptors (Lipinski definition) is 2. The molecule has 1 aliphatic rings. The molecule has 0 amide bonds. The number of thioether (sulfide) groups is 1. The molecule has 0 spiro atoms. The third kappa shape index (κ3) is 4.10. The van der Waals surface area contributed by atoms with Gasteiger partial charge < -0.3 is 5.32 Å². The van der Waals surface area contributed by atoms with Crippen LogP contribution in [0.1, 0.15) is 33.1 Å². The molecule has 106 valence electrons. The lowest BCUT2D eigenvalue weighted by Crippen LogP contribution is -2.34. The number of alkyl halides is 2. The van der Waals surface area contributed by atoms with Crippen molar-refractivity contribution in [2.24, 2.45) is 11.8 Å². The van der Waals surface area contributed by atoms with E-state index in [0.717, 1.165) is 11.6 Å². The predicted octanol–water partition coefficient (Wildman–Crippen LogP) is 5.24. The fourth-order valence-electron chi connectivity index (χ4n) is 2.73. The lowest BCUT2D eigenvalue weighted by molar-refractivity contribution is 0.252. The van der Waals surface area contributed by atoms with Gasteiger partial charge in [-0.05, 0) is 42.5 Å². The molecule has 0 aliphatic heterocycles. The van der Waals surface area contributed by atoms with E-state index in [0.29, 0.717) is 28.6 Å². The molecule has 3 atom stereocenters. The van der Waals surface area contributed by atoms with Gasteiger partial charge in [-0.3, -0.25) is 0 Å². The van der Waals surface area contributed by atoms with Gasteiger partial charge in [0.05, 0.1) is 0 Å². The molecule has 4 heteroatoms. The zero-order valence-electron chi connectivity index (χ0n) is 11.4. The van der Waals surface area contributed by atoms with Gasteiger partial charge in [0.1, 0.15) is 0 Å². The van der Waals surface area contributed by atoms with Crippen LogP contribution in [0.25, 0.3) is 0 Å². The second-order valence-corrected chi connectivity index (χ2v) is 6.48. The van der Waals surface area contributed by atoms with Crippen LogP contribution in [-0.2, 0) is 0 Å². The molecular weight excluding hydrogens is 264 g/mol. The summed E-state index contributed by atoms with van der Waals surface area (Å²) in [5, 5.41) is 3.54. The summed E-state index contributed by atoms with van der Waals surface area (Å²) in [6.45, 7) is 4.60. The lowest BCUT2D eigenvalue weighted by Gasteiger charge is -2.35. The number of halogens is 2. The predicted molar refractivity (Wildman–Crippen MR) is 77.9 cm³/mol. The number of nitrogens with one attached hydrogen (secondary N) is 1. The maximum atomic E-state index is 12.2. The summed E-state index contributed by atoms with van der Waals surface area (Å²) in [7, 11) is 0. The summed E-state index contributed by atoms with van der Waals surface area (Å²) in [6, 6.07) is 7.82. The maximum absolute atomic E-state index is 12.2. The summed E-state index contributed by atoms with van der Waals surface area (Å²) >= 11 is 0.593. The van der Waals surface area contributed by atoms with E-state index in [4.69, 9.17) is 0 Å². The van der Waals surface area contributed by atoms with Crippen molar-refractivity contribution in [3.8, 4) is 0 Å². The molecular formula is C15H21F2NS. The highest BCUT2D eigenvalue weighted by atomic mass is 32.2. The largest absolute Gasteiger partial charge is 0.382 e. The number of anilines is 1. The first-order valence-corrected chi connectivity index (χ1v) is 7.75. The van der Waals surface area contributed by atoms with Crippen LogP contribution in [-0.4, -0.2) is 11.8 Å². The van der Waals surface area contributed by atoms with Crippen LogP contribution in [0, 0.1) is 11.8 Å². The van der Waals surface area contributed by atoms with Gasteiger partial charge in [0.2, 0.25) is 0 Å². The molecule has 0 radical (unpaired) electrons. The average Bonchev–Trinajstić information content (AvgIpc) is 2.37. The first-order chi connectivity index (χ1) is 9.06. The summed E-state index contributed by atoms with van der Waals surface area (Å²) in [5.74, 6) is -0.943. The Morgan fingerprint density at radius 3 is 2.47 bits per heavy atom. The molecule has 1 aliphatic carbocycles. The quantitative estimate of drug-likeness (QED) is 0.759. The van der Waals surface area contributed by atoms with Gasteiger partial charge >= 0.3 is 0 Å². The van der Waals surface area contributed by atoms with E-state index in [-0.39, 0.29) is 0 Å². The SMILES string of the molecule is CC1CCCC(Nc2ccc(SC(F)F)cc2)C1C. The minimum atomic E-state index is -2.35. The second-order valence-electron chi connectivity index (χ2n) is 5.42. The molecule has 0 saturated heterocycles. The Morgan fingerprint density at radius 2 is 1.84 bits per heavy atom. The Balaban J connectivity index is 1.95. The van der Waals surface area contributed by atoms with Crippen molar-refractivity contribution in [1.82, 2.24) is 0 Å². The smallest absolute Gasteiger partial charge is 0.288 e. The topological polar surface area (TPSA) is 12.0 Å². The van der Waals surface area contributed by atoms with Gasteiger partial charge in [-0.1, -0.05) is 38.5 Å². The molecule has 1 N–H and O–H groups in total. The molecule has 19 heavy (non-hydrogen) atoms. The van der Waals surface area contributed by atoms with Crippen molar-refractivity contribution in [3.63, 3.8) is 0 Å². The standard InChI is InChI=1S/C15H21F2NS/c1-10-4-3-5-14(11(10)2)18-12-6-8-13(9-7-12)19-15(16)17/h6-11,14-15,18H,3-5H2,1-2H3. The Morgan fingerprint density at radius 1 is 1.16 bits per heavy atom. The van der Waals surface area contributed by atoms with Crippen LogP contribution in [0.3, 0.4) is 0 Å². The zero-order valence-corrected chi connectivity index (χ0v) is 12.2. The number of benzene rings is 1. The van der Waals surface area contributed by atoms with Gasteiger partial charge in [0.15, 0.2) is 0 Å². The Kier molecular flexibility index (Phi) is 5.08. The lowest BCUT2D eigenvalue weighted by atomic mass is 9.78. The van der Waals surface area contributed by atoms with Crippen molar-refractivity contribution in [2.75, 3.05) is 5.32 Å². The van der Waals surface area contributed by atoms with E-state index >= 15 is 0 Å². The molecule has 1 fully saturated rings. The van der Waals surface area contributed by atoms with Gasteiger partial charge in [-0.15, -0.1) is 0 Å². The van der Waals surface area contributed by atoms with Crippen molar-refractivity contribution >= 4 is 17.4 Å². The van der Waals surface area contributed by atoms with Gasteiger partial charge in [0, 0.05) is 16.6 Å². The molecule has 1 saturated carbocycles. The van der Waals surface area contributed by atoms with E-state index in [1.807, 2.05) is 12.1 Å². The third-order valence-corrected chi connectivity index (χ3v) is 4.86. The normalized spacial score (nSPS) is 27.5. The number of hydrogen-bond donors (Lipinski definition) is 1.